The van der Waals surface area contributed by atoms with Gasteiger partial charge in [0.2, 0.25) is 11.8 Å². The van der Waals surface area contributed by atoms with Crippen LogP contribution in [0.2, 0.25) is 0 Å². The highest BCUT2D eigenvalue weighted by molar-refractivity contribution is 5.91. The molecule has 5 heteroatoms. The Kier molecular flexibility index (Phi) is 3.14. The molecule has 0 spiro atoms. The third-order valence-corrected chi connectivity index (χ3v) is 3.65. The van der Waals surface area contributed by atoms with E-state index in [4.69, 9.17) is 5.73 Å². The van der Waals surface area contributed by atoms with E-state index >= 15 is 0 Å². The molecule has 2 fully saturated rings. The van der Waals surface area contributed by atoms with Gasteiger partial charge in [-0.15, -0.1) is 0 Å². The molecule has 1 saturated heterocycles. The summed E-state index contributed by atoms with van der Waals surface area (Å²) in [5.74, 6) is -0.105. The molecule has 90 valence electrons. The van der Waals surface area contributed by atoms with Crippen molar-refractivity contribution < 1.29 is 9.59 Å². The van der Waals surface area contributed by atoms with Gasteiger partial charge in [0.25, 0.3) is 0 Å². The van der Waals surface area contributed by atoms with Crippen LogP contribution in [0.15, 0.2) is 0 Å². The molecule has 16 heavy (non-hydrogen) atoms. The van der Waals surface area contributed by atoms with Gasteiger partial charge in [-0.2, -0.15) is 0 Å². The van der Waals surface area contributed by atoms with Gasteiger partial charge in [-0.3, -0.25) is 9.59 Å². The van der Waals surface area contributed by atoms with Crippen LogP contribution >= 0.6 is 0 Å². The molecule has 2 aliphatic rings. The van der Waals surface area contributed by atoms with Crippen molar-refractivity contribution in [2.45, 2.75) is 50.1 Å². The summed E-state index contributed by atoms with van der Waals surface area (Å²) in [4.78, 5) is 23.0. The van der Waals surface area contributed by atoms with Gasteiger partial charge in [-0.1, -0.05) is 12.8 Å². The van der Waals surface area contributed by atoms with E-state index in [9.17, 15) is 9.59 Å². The first-order chi connectivity index (χ1) is 7.65. The molecule has 1 aliphatic carbocycles. The first-order valence-corrected chi connectivity index (χ1v) is 5.97. The normalized spacial score (nSPS) is 27.8. The topological polar surface area (TPSA) is 84.2 Å². The fourth-order valence-electron chi connectivity index (χ4n) is 2.59. The second-order valence-electron chi connectivity index (χ2n) is 4.84. The second-order valence-corrected chi connectivity index (χ2v) is 4.84. The first-order valence-electron chi connectivity index (χ1n) is 5.97. The van der Waals surface area contributed by atoms with Crippen LogP contribution in [-0.4, -0.2) is 29.9 Å². The highest BCUT2D eigenvalue weighted by atomic mass is 16.2. The monoisotopic (exact) mass is 225 g/mol. The lowest BCUT2D eigenvalue weighted by Gasteiger charge is -2.30. The molecule has 2 rings (SSSR count). The molecular weight excluding hydrogens is 206 g/mol. The molecule has 1 aliphatic heterocycles. The zero-order valence-corrected chi connectivity index (χ0v) is 9.42. The molecule has 0 radical (unpaired) electrons. The van der Waals surface area contributed by atoms with Gasteiger partial charge in [0, 0.05) is 13.0 Å². The van der Waals surface area contributed by atoms with E-state index in [0.717, 1.165) is 25.7 Å². The Morgan fingerprint density at radius 1 is 1.50 bits per heavy atom. The standard InChI is InChI=1S/C11H19N3O2/c12-7-11(5-1-2-6-11)14-10(16)8-3-4-9(15)13-8/h8H,1-7,12H2,(H,13,15)(H,14,16)/t8-/m0/s1. The minimum absolute atomic E-state index is 0.0339. The number of amides is 2. The Morgan fingerprint density at radius 3 is 2.69 bits per heavy atom. The zero-order valence-electron chi connectivity index (χ0n) is 9.42. The van der Waals surface area contributed by atoms with Crippen LogP contribution in [0.1, 0.15) is 38.5 Å². The van der Waals surface area contributed by atoms with Crippen molar-refractivity contribution in [1.82, 2.24) is 10.6 Å². The van der Waals surface area contributed by atoms with Gasteiger partial charge in [0.15, 0.2) is 0 Å². The Hall–Kier alpha value is -1.10. The number of hydrogen-bond acceptors (Lipinski definition) is 3. The average Bonchev–Trinajstić information content (AvgIpc) is 2.88. The van der Waals surface area contributed by atoms with Crippen LogP contribution in [0.4, 0.5) is 0 Å². The minimum Gasteiger partial charge on any atom is -0.348 e. The van der Waals surface area contributed by atoms with Gasteiger partial charge in [-0.05, 0) is 19.3 Å². The van der Waals surface area contributed by atoms with E-state index in [1.165, 1.54) is 0 Å². The number of carbonyl (C=O) groups is 2. The molecule has 0 aromatic heterocycles. The maximum atomic E-state index is 11.9. The summed E-state index contributed by atoms with van der Waals surface area (Å²) in [5.41, 5.74) is 5.52. The molecule has 5 nitrogen and oxygen atoms in total. The quantitative estimate of drug-likeness (QED) is 0.614. The van der Waals surface area contributed by atoms with E-state index in [-0.39, 0.29) is 23.4 Å². The summed E-state index contributed by atoms with van der Waals surface area (Å²) in [5, 5.41) is 5.70. The SMILES string of the molecule is NCC1(NC(=O)[C@@H]2CCC(=O)N2)CCCC1. The highest BCUT2D eigenvalue weighted by Gasteiger charge is 2.37. The molecule has 1 atom stereocenters. The Balaban J connectivity index is 1.93. The molecule has 0 aromatic rings. The van der Waals surface area contributed by atoms with Crippen LogP contribution in [0.3, 0.4) is 0 Å². The molecule has 0 unspecified atom stereocenters. The summed E-state index contributed by atoms with van der Waals surface area (Å²) in [6.45, 7) is 0.486. The molecule has 1 saturated carbocycles. The second kappa shape index (κ2) is 4.41. The average molecular weight is 225 g/mol. The maximum absolute atomic E-state index is 11.9. The predicted molar refractivity (Wildman–Crippen MR) is 59.6 cm³/mol. The number of nitrogens with two attached hydrogens (primary N) is 1. The van der Waals surface area contributed by atoms with E-state index in [1.54, 1.807) is 0 Å². The lowest BCUT2D eigenvalue weighted by Crippen LogP contribution is -2.56. The van der Waals surface area contributed by atoms with E-state index < -0.39 is 0 Å². The summed E-state index contributed by atoms with van der Waals surface area (Å²) >= 11 is 0. The largest absolute Gasteiger partial charge is 0.348 e. The Morgan fingerprint density at radius 2 is 2.19 bits per heavy atom. The predicted octanol–water partition coefficient (Wildman–Crippen LogP) is -0.347. The Labute approximate surface area is 95.1 Å². The number of rotatable bonds is 3. The van der Waals surface area contributed by atoms with Gasteiger partial charge in [0.05, 0.1) is 5.54 Å². The van der Waals surface area contributed by atoms with Crippen molar-refractivity contribution >= 4 is 11.8 Å². The van der Waals surface area contributed by atoms with Crippen molar-refractivity contribution in [2.24, 2.45) is 5.73 Å². The third kappa shape index (κ3) is 2.19. The van der Waals surface area contributed by atoms with E-state index in [2.05, 4.69) is 10.6 Å². The summed E-state index contributed by atoms with van der Waals surface area (Å²) in [7, 11) is 0. The van der Waals surface area contributed by atoms with Crippen molar-refractivity contribution in [3.63, 3.8) is 0 Å². The van der Waals surface area contributed by atoms with Crippen LogP contribution in [0.25, 0.3) is 0 Å². The number of nitrogens with one attached hydrogen (secondary N) is 2. The molecule has 4 N–H and O–H groups in total. The van der Waals surface area contributed by atoms with Crippen molar-refractivity contribution in [1.29, 1.82) is 0 Å². The van der Waals surface area contributed by atoms with Gasteiger partial charge in [0.1, 0.15) is 6.04 Å². The van der Waals surface area contributed by atoms with Crippen LogP contribution in [0, 0.1) is 0 Å². The molecule has 1 heterocycles. The molecule has 2 amide bonds. The van der Waals surface area contributed by atoms with Gasteiger partial charge >= 0.3 is 0 Å². The minimum atomic E-state index is -0.350. The van der Waals surface area contributed by atoms with E-state index in [0.29, 0.717) is 19.4 Å². The fourth-order valence-corrected chi connectivity index (χ4v) is 2.59. The zero-order chi connectivity index (χ0) is 11.6. The summed E-state index contributed by atoms with van der Waals surface area (Å²) in [6.07, 6.45) is 5.20. The lowest BCUT2D eigenvalue weighted by molar-refractivity contribution is -0.127. The summed E-state index contributed by atoms with van der Waals surface area (Å²) < 4.78 is 0. The number of carbonyl (C=O) groups excluding carboxylic acids is 2. The van der Waals surface area contributed by atoms with Crippen LogP contribution in [0.5, 0.6) is 0 Å². The van der Waals surface area contributed by atoms with Crippen LogP contribution < -0.4 is 16.4 Å². The van der Waals surface area contributed by atoms with Gasteiger partial charge < -0.3 is 16.4 Å². The molecular formula is C11H19N3O2. The van der Waals surface area contributed by atoms with Crippen molar-refractivity contribution in [3.8, 4) is 0 Å². The molecule has 0 bridgehead atoms. The van der Waals surface area contributed by atoms with E-state index in [1.807, 2.05) is 0 Å². The smallest absolute Gasteiger partial charge is 0.243 e. The maximum Gasteiger partial charge on any atom is 0.243 e. The summed E-state index contributed by atoms with van der Waals surface area (Å²) in [6, 6.07) is -0.350. The fraction of sp³-hybridized carbons (Fsp3) is 0.818. The molecule has 0 aromatic carbocycles. The van der Waals surface area contributed by atoms with Crippen molar-refractivity contribution in [3.05, 3.63) is 0 Å². The third-order valence-electron chi connectivity index (χ3n) is 3.65. The Bertz CT molecular complexity index is 298. The van der Waals surface area contributed by atoms with Crippen LogP contribution in [-0.2, 0) is 9.59 Å². The lowest BCUT2D eigenvalue weighted by atomic mass is 9.97. The van der Waals surface area contributed by atoms with Gasteiger partial charge in [-0.25, -0.2) is 0 Å². The number of hydrogen-bond donors (Lipinski definition) is 3. The highest BCUT2D eigenvalue weighted by Crippen LogP contribution is 2.28. The first kappa shape index (κ1) is 11.4. The van der Waals surface area contributed by atoms with Crippen molar-refractivity contribution in [2.75, 3.05) is 6.54 Å².